The van der Waals surface area contributed by atoms with E-state index in [9.17, 15) is 38.7 Å². The monoisotopic (exact) mass is 1360 g/mol. The number of carbonyl (C=O) groups is 10. The molecule has 7 amide bonds. The maximum atomic E-state index is 15.2. The number of fused-ring (bicyclic) bond motifs is 1. The van der Waals surface area contributed by atoms with Gasteiger partial charge in [-0.2, -0.15) is 0 Å². The molecule has 29 heteroatoms. The zero-order valence-corrected chi connectivity index (χ0v) is 56.8. The zero-order valence-electron chi connectivity index (χ0n) is 56.8. The average molecular weight is 1360 g/mol. The quantitative estimate of drug-likeness (QED) is 0.0160. The normalized spacial score (nSPS) is 15.0. The summed E-state index contributed by atoms with van der Waals surface area (Å²) in [5, 5.41) is 24.8. The number of aromatic hydroxyl groups is 1. The highest BCUT2D eigenvalue weighted by Crippen LogP contribution is 2.26. The van der Waals surface area contributed by atoms with Crippen LogP contribution >= 0.6 is 0 Å². The lowest BCUT2D eigenvalue weighted by atomic mass is 9.87. The van der Waals surface area contributed by atoms with Gasteiger partial charge in [-0.15, -0.1) is 0 Å². The molecule has 0 aliphatic carbocycles. The number of aliphatic imine (C=N–C) groups is 2. The molecule has 0 radical (unpaired) electrons. The second kappa shape index (κ2) is 41.7. The zero-order chi connectivity index (χ0) is 71.7. The average Bonchev–Trinajstić information content (AvgIpc) is 1.61. The molecule has 0 saturated carbocycles. The van der Waals surface area contributed by atoms with Gasteiger partial charge in [-0.25, -0.2) is 0 Å². The Balaban J connectivity index is 1.39. The Morgan fingerprint density at radius 3 is 1.71 bits per heavy atom. The number of H-pyrrole nitrogens is 1. The third-order valence-electron chi connectivity index (χ3n) is 16.9. The number of aromatic nitrogens is 1. The van der Waals surface area contributed by atoms with Crippen molar-refractivity contribution in [1.29, 1.82) is 0 Å². The number of nitrogens with two attached hydrogens (primary N) is 6. The number of Topliss-reactive ketones (excluding diaryl/α,β-unsaturated/α-hetero) is 3. The van der Waals surface area contributed by atoms with Gasteiger partial charge in [0, 0.05) is 114 Å². The van der Waals surface area contributed by atoms with Gasteiger partial charge in [0.15, 0.2) is 29.3 Å². The summed E-state index contributed by atoms with van der Waals surface area (Å²) in [7, 11) is 1.63. The summed E-state index contributed by atoms with van der Waals surface area (Å²) in [6.45, 7) is 10.6. The largest absolute Gasteiger partial charge is 0.508 e. The number of nitrogens with one attached hydrogen (secondary N) is 6. The Hall–Kier alpha value is -9.32. The molecule has 0 unspecified atom stereocenters. The number of aromatic amines is 1. The molecular formula is C69H102N16O13. The number of rotatable bonds is 46. The number of piperazine rings is 1. The van der Waals surface area contributed by atoms with E-state index in [1.807, 2.05) is 43.0 Å². The molecular weight excluding hydrogens is 1260 g/mol. The minimum Gasteiger partial charge on any atom is -0.508 e. The molecule has 1 saturated heterocycles. The highest BCUT2D eigenvalue weighted by Gasteiger charge is 2.36. The fourth-order valence-electron chi connectivity index (χ4n) is 11.6. The number of ether oxygens (including phenoxy) is 2. The topological polar surface area (TPSA) is 473 Å². The van der Waals surface area contributed by atoms with Crippen molar-refractivity contribution in [3.05, 3.63) is 102 Å². The van der Waals surface area contributed by atoms with Gasteiger partial charge in [-0.3, -0.25) is 62.8 Å². The van der Waals surface area contributed by atoms with Crippen molar-refractivity contribution in [2.75, 3.05) is 79.3 Å². The minimum atomic E-state index is -1.50. The maximum Gasteiger partial charge on any atom is 0.243 e. The number of phenolic OH excluding ortho intramolecular Hbond substituents is 1. The first-order chi connectivity index (χ1) is 46.8. The summed E-state index contributed by atoms with van der Waals surface area (Å²) in [5.41, 5.74) is 35.7. The Morgan fingerprint density at radius 1 is 0.551 bits per heavy atom. The summed E-state index contributed by atoms with van der Waals surface area (Å²) in [4.78, 5) is 156. The second-order valence-corrected chi connectivity index (χ2v) is 25.5. The molecule has 3 aromatic carbocycles. The van der Waals surface area contributed by atoms with Gasteiger partial charge in [-0.05, 0) is 98.6 Å². The minimum absolute atomic E-state index is 0.0150. The number of benzene rings is 3. The van der Waals surface area contributed by atoms with E-state index in [0.29, 0.717) is 44.0 Å². The molecule has 1 aromatic heterocycles. The van der Waals surface area contributed by atoms with Crippen molar-refractivity contribution in [3.8, 4) is 5.75 Å². The van der Waals surface area contributed by atoms with Gasteiger partial charge in [0.25, 0.3) is 0 Å². The van der Waals surface area contributed by atoms with E-state index in [1.165, 1.54) is 19.1 Å². The number of nitrogens with zero attached hydrogens (tertiary/aromatic N) is 4. The first-order valence-electron chi connectivity index (χ1n) is 33.4. The Morgan fingerprint density at radius 2 is 1.10 bits per heavy atom. The fourth-order valence-corrected chi connectivity index (χ4v) is 11.6. The SMILES string of the molecule is COCCOCCCN1CCN(CC(=O)N[C@@H](Cc2ccc(O)cc2)C(=O)C[C@@H](Cc2c[nH]c3ccccc23)C(=O)N[C@@H](CC(C)C)C(=O)C[C@@H](Cc2ccccc2)C(=O)N[C@@H](CCCN=C(N)N)C(=O)C[C@@H](C)C(=O)N[C@@H](CCCN=C(N)N)C(=O)N[C@@H](CC(N)=O)C(N)=O)CC1. The number of hydrogen-bond donors (Lipinski definition) is 13. The van der Waals surface area contributed by atoms with E-state index in [4.69, 9.17) is 43.9 Å². The molecule has 1 aliphatic rings. The van der Waals surface area contributed by atoms with Crippen LogP contribution in [0.2, 0.25) is 0 Å². The van der Waals surface area contributed by atoms with E-state index in [0.717, 1.165) is 42.5 Å². The summed E-state index contributed by atoms with van der Waals surface area (Å²) in [6, 6.07) is 16.4. The smallest absolute Gasteiger partial charge is 0.243 e. The van der Waals surface area contributed by atoms with Crippen LogP contribution in [0.5, 0.6) is 5.75 Å². The molecule has 4 aromatic rings. The molecule has 19 N–H and O–H groups in total. The molecule has 8 atom stereocenters. The molecule has 5 rings (SSSR count). The summed E-state index contributed by atoms with van der Waals surface area (Å²) < 4.78 is 10.7. The lowest BCUT2D eigenvalue weighted by Gasteiger charge is -2.34. The van der Waals surface area contributed by atoms with Crippen molar-refractivity contribution in [2.45, 2.75) is 134 Å². The Labute approximate surface area is 572 Å². The summed E-state index contributed by atoms with van der Waals surface area (Å²) in [5.74, 6) is -10.8. The predicted molar refractivity (Wildman–Crippen MR) is 371 cm³/mol. The van der Waals surface area contributed by atoms with Crippen LogP contribution < -0.4 is 61.0 Å². The van der Waals surface area contributed by atoms with Gasteiger partial charge >= 0.3 is 0 Å². The van der Waals surface area contributed by atoms with E-state index in [-0.39, 0.29) is 107 Å². The number of ketones is 3. The van der Waals surface area contributed by atoms with Crippen molar-refractivity contribution >= 4 is 81.5 Å². The van der Waals surface area contributed by atoms with Crippen molar-refractivity contribution < 1.29 is 62.5 Å². The number of phenols is 1. The molecule has 29 nitrogen and oxygen atoms in total. The van der Waals surface area contributed by atoms with Crippen molar-refractivity contribution in [3.63, 3.8) is 0 Å². The second-order valence-electron chi connectivity index (χ2n) is 25.5. The van der Waals surface area contributed by atoms with Crippen LogP contribution in [0, 0.1) is 23.7 Å². The molecule has 0 bridgehead atoms. The third-order valence-corrected chi connectivity index (χ3v) is 16.9. The van der Waals surface area contributed by atoms with E-state index >= 15 is 14.4 Å². The number of hydrogen-bond acceptors (Lipinski definition) is 17. The van der Waals surface area contributed by atoms with Gasteiger partial charge < -0.3 is 85.5 Å². The predicted octanol–water partition coefficient (Wildman–Crippen LogP) is 0.256. The standard InChI is InChI=1S/C69H102N16O13/c1-43(2)33-55(82-66(95)48(37-49-41-78-52-16-9-8-15-51(49)52)39-60(89)56(36-46-19-21-50(86)22-20-46)79-62(91)42-85-28-26-84(27-29-85)25-12-30-98-32-31-97-4)59(88)38-47(35-45-13-6-5-7-14-45)65(94)80-53(17-10-23-76-68(72)73)58(87)34-44(3)64(93)81-54(18-11-24-77-69(74)75)67(96)83-57(63(71)92)40-61(70)90/h5-9,13-16,19-22,41,43-44,47-48,53-57,78,86H,10-12,17-18,23-40,42H2,1-4H3,(H2,70,90)(H2,71,92)(H,79,91)(H,80,94)(H,81,93)(H,82,95)(H,83,96)(H4,72,73,76)(H4,74,75,77)/t44-,47-,48-,53+,54+,55+,56+,57+/m1/s1. The number of methoxy groups -OCH3 is 1. The highest BCUT2D eigenvalue weighted by molar-refractivity contribution is 5.99. The highest BCUT2D eigenvalue weighted by atomic mass is 16.5. The molecule has 536 valence electrons. The lowest BCUT2D eigenvalue weighted by Crippen LogP contribution is -2.54. The van der Waals surface area contributed by atoms with E-state index in [2.05, 4.69) is 46.5 Å². The number of guanidine groups is 2. The molecule has 1 aliphatic heterocycles. The van der Waals surface area contributed by atoms with Gasteiger partial charge in [-0.1, -0.05) is 81.4 Å². The van der Waals surface area contributed by atoms with Gasteiger partial charge in [0.05, 0.1) is 44.3 Å². The summed E-state index contributed by atoms with van der Waals surface area (Å²) in [6.07, 6.45) is 1.31. The van der Waals surface area contributed by atoms with Crippen LogP contribution in [0.3, 0.4) is 0 Å². The van der Waals surface area contributed by atoms with Crippen LogP contribution in [-0.4, -0.2) is 200 Å². The van der Waals surface area contributed by atoms with Crippen LogP contribution in [0.15, 0.2) is 95.0 Å². The third kappa shape index (κ3) is 28.8. The number of amides is 7. The van der Waals surface area contributed by atoms with Crippen LogP contribution in [0.25, 0.3) is 10.9 Å². The van der Waals surface area contributed by atoms with Gasteiger partial charge in [0.2, 0.25) is 41.4 Å². The van der Waals surface area contributed by atoms with Crippen molar-refractivity contribution in [1.82, 2.24) is 41.4 Å². The van der Waals surface area contributed by atoms with Crippen molar-refractivity contribution in [2.24, 2.45) is 68.1 Å². The van der Waals surface area contributed by atoms with E-state index in [1.54, 1.807) is 55.8 Å². The fraction of sp³-hybridized carbons (Fsp3) is 0.536. The number of carbonyl (C=O) groups excluding carboxylic acids is 10. The molecule has 0 spiro atoms. The van der Waals surface area contributed by atoms with Crippen LogP contribution in [-0.2, 0) is 76.7 Å². The molecule has 2 heterocycles. The van der Waals surface area contributed by atoms with Crippen LogP contribution in [0.4, 0.5) is 0 Å². The maximum absolute atomic E-state index is 15.2. The van der Waals surface area contributed by atoms with E-state index < -0.39 is 120 Å². The molecule has 98 heavy (non-hydrogen) atoms. The van der Waals surface area contributed by atoms with Crippen LogP contribution in [0.1, 0.15) is 102 Å². The summed E-state index contributed by atoms with van der Waals surface area (Å²) >= 11 is 0. The van der Waals surface area contributed by atoms with Gasteiger partial charge in [0.1, 0.15) is 17.8 Å². The lowest BCUT2D eigenvalue weighted by molar-refractivity contribution is -0.136. The Kier molecular flexibility index (Phi) is 33.8. The first-order valence-corrected chi connectivity index (χ1v) is 33.4. The number of para-hydroxylation sites is 1. The first kappa shape index (κ1) is 79.4. The Bertz CT molecular complexity index is 3310. The molecule has 1 fully saturated rings. The number of primary amides is 2.